The van der Waals surface area contributed by atoms with Gasteiger partial charge in [-0.3, -0.25) is 10.1 Å². The molecule has 2 heterocycles. The Balaban J connectivity index is 1.47. The molecule has 0 aliphatic heterocycles. The van der Waals surface area contributed by atoms with Crippen molar-refractivity contribution in [3.05, 3.63) is 119 Å². The lowest BCUT2D eigenvalue weighted by molar-refractivity contribution is -0.117. The molecule has 5 aromatic rings. The van der Waals surface area contributed by atoms with Crippen LogP contribution < -0.4 is 10.6 Å². The number of halogens is 1. The second-order valence-corrected chi connectivity index (χ2v) is 11.0. The van der Waals surface area contributed by atoms with E-state index < -0.39 is 12.1 Å². The van der Waals surface area contributed by atoms with E-state index in [0.717, 1.165) is 22.4 Å². The summed E-state index contributed by atoms with van der Waals surface area (Å²) >= 11 is 6.26. The Morgan fingerprint density at radius 3 is 2.50 bits per heavy atom. The number of hydrogen-bond acceptors (Lipinski definition) is 9. The van der Waals surface area contributed by atoms with Crippen LogP contribution in [0.3, 0.4) is 0 Å². The molecule has 234 valence electrons. The molecule has 0 bridgehead atoms. The zero-order valence-electron chi connectivity index (χ0n) is 25.5. The van der Waals surface area contributed by atoms with E-state index in [2.05, 4.69) is 36.4 Å². The van der Waals surface area contributed by atoms with Crippen LogP contribution in [-0.2, 0) is 22.5 Å². The van der Waals surface area contributed by atoms with E-state index in [4.69, 9.17) is 16.3 Å². The molecule has 5 rings (SSSR count). The molecule has 0 radical (unpaired) electrons. The standard InChI is InChI=1S/C33H32ClN9O3/c1-42(2)20-30-27(23-9-13-26(14-10-23)36-33(45)46-3)19-29(38-39-30)28(17-22-7-5-4-6-8-22)37-32(44)16-11-24-18-25(34)12-15-31(24)43-21-35-40-41-43/h4-16,18-19,21,28H,17,20H2,1-3H3,(H,36,45)(H,37,44)/b16-11+/t28-/m0/s1. The Bertz CT molecular complexity index is 1810. The maximum Gasteiger partial charge on any atom is 0.411 e. The molecule has 46 heavy (non-hydrogen) atoms. The zero-order valence-corrected chi connectivity index (χ0v) is 26.2. The minimum atomic E-state index is -0.551. The summed E-state index contributed by atoms with van der Waals surface area (Å²) in [6.45, 7) is 0.548. The molecule has 13 heteroatoms. The van der Waals surface area contributed by atoms with Crippen LogP contribution in [0.4, 0.5) is 10.5 Å². The highest BCUT2D eigenvalue weighted by Crippen LogP contribution is 2.28. The number of nitrogens with zero attached hydrogens (tertiary/aromatic N) is 7. The number of carbonyl (C=O) groups is 2. The Morgan fingerprint density at radius 1 is 1.02 bits per heavy atom. The first-order valence-corrected chi connectivity index (χ1v) is 14.7. The zero-order chi connectivity index (χ0) is 32.5. The molecule has 1 atom stereocenters. The Morgan fingerprint density at radius 2 is 1.80 bits per heavy atom. The van der Waals surface area contributed by atoms with Gasteiger partial charge in [-0.05, 0) is 84.5 Å². The minimum Gasteiger partial charge on any atom is -0.453 e. The molecule has 2 aromatic heterocycles. The summed E-state index contributed by atoms with van der Waals surface area (Å²) in [7, 11) is 5.23. The van der Waals surface area contributed by atoms with Crippen LogP contribution in [-0.4, -0.2) is 68.5 Å². The number of rotatable bonds is 11. The van der Waals surface area contributed by atoms with Gasteiger partial charge < -0.3 is 15.0 Å². The number of methoxy groups -OCH3 is 1. The molecule has 0 fully saturated rings. The molecule has 2 N–H and O–H groups in total. The van der Waals surface area contributed by atoms with Crippen LogP contribution in [0.5, 0.6) is 0 Å². The number of benzene rings is 3. The summed E-state index contributed by atoms with van der Waals surface area (Å²) in [5.74, 6) is -0.331. The highest BCUT2D eigenvalue weighted by molar-refractivity contribution is 6.30. The van der Waals surface area contributed by atoms with Gasteiger partial charge in [-0.1, -0.05) is 54.1 Å². The van der Waals surface area contributed by atoms with Crippen LogP contribution in [0, 0.1) is 0 Å². The first-order chi connectivity index (χ1) is 22.3. The summed E-state index contributed by atoms with van der Waals surface area (Å²) in [6.07, 6.45) is 4.51. The molecule has 12 nitrogen and oxygen atoms in total. The lowest BCUT2D eigenvalue weighted by atomic mass is 9.98. The first-order valence-electron chi connectivity index (χ1n) is 14.3. The van der Waals surface area contributed by atoms with Crippen LogP contribution >= 0.6 is 11.6 Å². The molecular formula is C33H32ClN9O3. The highest BCUT2D eigenvalue weighted by Gasteiger charge is 2.20. The smallest absolute Gasteiger partial charge is 0.411 e. The quantitative estimate of drug-likeness (QED) is 0.189. The Kier molecular flexibility index (Phi) is 10.4. The van der Waals surface area contributed by atoms with Crippen LogP contribution in [0.1, 0.15) is 28.6 Å². The largest absolute Gasteiger partial charge is 0.453 e. The van der Waals surface area contributed by atoms with Gasteiger partial charge in [0.1, 0.15) is 6.33 Å². The topological polar surface area (TPSA) is 140 Å². The SMILES string of the molecule is COC(=O)Nc1ccc(-c2cc([C@H](Cc3ccccc3)NC(=O)/C=C/c3cc(Cl)ccc3-n3cnnn3)nnc2CN(C)C)cc1. The summed E-state index contributed by atoms with van der Waals surface area (Å²) in [5.41, 5.74) is 6.04. The molecule has 0 aliphatic carbocycles. The second kappa shape index (κ2) is 15.0. The van der Waals surface area contributed by atoms with E-state index in [1.807, 2.05) is 67.5 Å². The lowest BCUT2D eigenvalue weighted by Crippen LogP contribution is -2.29. The Labute approximate surface area is 271 Å². The fourth-order valence-electron chi connectivity index (χ4n) is 4.77. The number of amides is 2. The molecule has 2 amide bonds. The van der Waals surface area contributed by atoms with Crippen molar-refractivity contribution in [2.45, 2.75) is 19.0 Å². The minimum absolute atomic E-state index is 0.331. The number of anilines is 1. The summed E-state index contributed by atoms with van der Waals surface area (Å²) in [5, 5.41) is 26.8. The van der Waals surface area contributed by atoms with Crippen molar-refractivity contribution in [3.8, 4) is 16.8 Å². The number of ether oxygens (including phenoxy) is 1. The number of carbonyl (C=O) groups excluding carboxylic acids is 2. The van der Waals surface area contributed by atoms with Gasteiger partial charge in [-0.25, -0.2) is 4.79 Å². The third-order valence-corrected chi connectivity index (χ3v) is 7.17. The van der Waals surface area contributed by atoms with Crippen LogP contribution in [0.15, 0.2) is 91.3 Å². The van der Waals surface area contributed by atoms with Crippen molar-refractivity contribution in [3.63, 3.8) is 0 Å². The normalized spacial score (nSPS) is 11.8. The molecule has 0 saturated carbocycles. The third-order valence-electron chi connectivity index (χ3n) is 6.94. The van der Waals surface area contributed by atoms with Crippen molar-refractivity contribution >= 4 is 35.4 Å². The van der Waals surface area contributed by atoms with Crippen molar-refractivity contribution in [1.82, 2.24) is 40.6 Å². The molecule has 0 saturated heterocycles. The average molecular weight is 638 g/mol. The summed E-state index contributed by atoms with van der Waals surface area (Å²) < 4.78 is 6.19. The van der Waals surface area contributed by atoms with E-state index in [9.17, 15) is 9.59 Å². The highest BCUT2D eigenvalue weighted by atomic mass is 35.5. The van der Waals surface area contributed by atoms with Crippen molar-refractivity contribution < 1.29 is 14.3 Å². The fraction of sp³-hybridized carbons (Fsp3) is 0.182. The Hall–Kier alpha value is -5.46. The third kappa shape index (κ3) is 8.37. The van der Waals surface area contributed by atoms with E-state index in [0.29, 0.717) is 40.6 Å². The predicted molar refractivity (Wildman–Crippen MR) is 175 cm³/mol. The molecular weight excluding hydrogens is 606 g/mol. The summed E-state index contributed by atoms with van der Waals surface area (Å²) in [6, 6.07) is 23.9. The van der Waals surface area contributed by atoms with Gasteiger partial charge in [-0.2, -0.15) is 14.9 Å². The number of nitrogens with one attached hydrogen (secondary N) is 2. The fourth-order valence-corrected chi connectivity index (χ4v) is 4.95. The summed E-state index contributed by atoms with van der Waals surface area (Å²) in [4.78, 5) is 27.1. The number of hydrogen-bond donors (Lipinski definition) is 2. The van der Waals surface area contributed by atoms with Gasteiger partial charge in [0, 0.05) is 34.5 Å². The van der Waals surface area contributed by atoms with Gasteiger partial charge in [0.25, 0.3) is 0 Å². The van der Waals surface area contributed by atoms with Gasteiger partial charge >= 0.3 is 6.09 Å². The van der Waals surface area contributed by atoms with E-state index in [1.165, 1.54) is 24.2 Å². The van der Waals surface area contributed by atoms with Crippen LogP contribution in [0.2, 0.25) is 5.02 Å². The van der Waals surface area contributed by atoms with Gasteiger partial charge in [0.05, 0.1) is 30.2 Å². The first kappa shape index (κ1) is 31.9. The maximum atomic E-state index is 13.4. The van der Waals surface area contributed by atoms with Crippen molar-refractivity contribution in [1.29, 1.82) is 0 Å². The van der Waals surface area contributed by atoms with Gasteiger partial charge in [-0.15, -0.1) is 5.10 Å². The van der Waals surface area contributed by atoms with E-state index in [-0.39, 0.29) is 5.91 Å². The van der Waals surface area contributed by atoms with Gasteiger partial charge in [0.2, 0.25) is 5.91 Å². The van der Waals surface area contributed by atoms with Crippen molar-refractivity contribution in [2.24, 2.45) is 0 Å². The molecule has 3 aromatic carbocycles. The van der Waals surface area contributed by atoms with Crippen LogP contribution in [0.25, 0.3) is 22.9 Å². The average Bonchev–Trinajstić information content (AvgIpc) is 3.59. The predicted octanol–water partition coefficient (Wildman–Crippen LogP) is 5.13. The lowest BCUT2D eigenvalue weighted by Gasteiger charge is -2.20. The second-order valence-electron chi connectivity index (χ2n) is 10.6. The number of aromatic nitrogens is 6. The van der Waals surface area contributed by atoms with Gasteiger partial charge in [0.15, 0.2) is 0 Å². The number of tetrazole rings is 1. The van der Waals surface area contributed by atoms with E-state index in [1.54, 1.807) is 36.4 Å². The molecule has 0 aliphatic rings. The maximum absolute atomic E-state index is 13.4. The molecule has 0 spiro atoms. The monoisotopic (exact) mass is 637 g/mol. The molecule has 0 unspecified atom stereocenters. The van der Waals surface area contributed by atoms with Crippen molar-refractivity contribution in [2.75, 3.05) is 26.5 Å². The van der Waals surface area contributed by atoms with E-state index >= 15 is 0 Å².